The largest absolute Gasteiger partial charge is 0.381 e. The summed E-state index contributed by atoms with van der Waals surface area (Å²) in [5, 5.41) is 11.3. The highest BCUT2D eigenvalue weighted by Gasteiger charge is 2.31. The molecule has 2 N–H and O–H groups in total. The number of hydrogen-bond acceptors (Lipinski definition) is 6. The Kier molecular flexibility index (Phi) is 6.73. The van der Waals surface area contributed by atoms with E-state index >= 15 is 0 Å². The van der Waals surface area contributed by atoms with Crippen LogP contribution in [0.15, 0.2) is 42.7 Å². The van der Waals surface area contributed by atoms with Gasteiger partial charge in [0.05, 0.1) is 18.9 Å². The van der Waals surface area contributed by atoms with Crippen LogP contribution in [-0.4, -0.2) is 58.1 Å². The van der Waals surface area contributed by atoms with Crippen molar-refractivity contribution in [2.24, 2.45) is 0 Å². The van der Waals surface area contributed by atoms with E-state index in [2.05, 4.69) is 44.7 Å². The fourth-order valence-corrected chi connectivity index (χ4v) is 5.02. The molecule has 9 heteroatoms. The van der Waals surface area contributed by atoms with E-state index in [0.29, 0.717) is 18.0 Å². The molecule has 1 saturated heterocycles. The highest BCUT2D eigenvalue weighted by molar-refractivity contribution is 5.63. The Morgan fingerprint density at radius 1 is 0.971 bits per heavy atom. The topological polar surface area (TPSA) is 67.2 Å². The second kappa shape index (κ2) is 10.1. The van der Waals surface area contributed by atoms with Gasteiger partial charge in [0, 0.05) is 45.5 Å². The van der Waals surface area contributed by atoms with Crippen molar-refractivity contribution in [2.45, 2.75) is 44.7 Å². The second-order valence-electron chi connectivity index (χ2n) is 9.10. The minimum absolute atomic E-state index is 0. The third kappa shape index (κ3) is 5.37. The van der Waals surface area contributed by atoms with Crippen LogP contribution in [0.5, 0.6) is 0 Å². The third-order valence-corrected chi connectivity index (χ3v) is 6.53. The molecule has 0 amide bonds. The minimum Gasteiger partial charge on any atom is -0.381 e. The summed E-state index contributed by atoms with van der Waals surface area (Å²) >= 11 is 0. The number of nitrogens with zero attached hydrogens (tertiary/aromatic N) is 4. The molecule has 1 aliphatic carbocycles. The fourth-order valence-electron chi connectivity index (χ4n) is 5.02. The summed E-state index contributed by atoms with van der Waals surface area (Å²) in [5.41, 5.74) is 3.29. The maximum absolute atomic E-state index is 13.6. The number of nitrogens with one attached hydrogen (secondary N) is 2. The first-order valence-electron chi connectivity index (χ1n) is 11.9. The van der Waals surface area contributed by atoms with Gasteiger partial charge in [-0.3, -0.25) is 4.90 Å². The van der Waals surface area contributed by atoms with Gasteiger partial charge in [0.2, 0.25) is 5.95 Å². The summed E-state index contributed by atoms with van der Waals surface area (Å²) in [6, 6.07) is 10.4. The molecule has 34 heavy (non-hydrogen) atoms. The molecule has 2 aliphatic rings. The van der Waals surface area contributed by atoms with Crippen LogP contribution >= 0.6 is 0 Å². The summed E-state index contributed by atoms with van der Waals surface area (Å²) in [5.74, 6) is -0.968. The van der Waals surface area contributed by atoms with Gasteiger partial charge in [-0.25, -0.2) is 13.5 Å². The lowest BCUT2D eigenvalue weighted by Gasteiger charge is -2.42. The smallest absolute Gasteiger partial charge is 0.246 e. The monoisotopic (exact) mass is 472 g/mol. The second-order valence-corrected chi connectivity index (χ2v) is 9.10. The predicted molar refractivity (Wildman–Crippen MR) is 132 cm³/mol. The van der Waals surface area contributed by atoms with Crippen LogP contribution in [0.1, 0.15) is 34.1 Å². The van der Waals surface area contributed by atoms with Crippen molar-refractivity contribution in [3.05, 3.63) is 59.9 Å². The Bertz CT molecular complexity index is 1120. The number of rotatable bonds is 6. The Morgan fingerprint density at radius 2 is 1.71 bits per heavy atom. The van der Waals surface area contributed by atoms with Gasteiger partial charge < -0.3 is 15.4 Å². The minimum atomic E-state index is -0.660. The molecule has 0 spiro atoms. The molecule has 184 valence electrons. The highest BCUT2D eigenvalue weighted by atomic mass is 19.1. The van der Waals surface area contributed by atoms with Gasteiger partial charge in [0.25, 0.3) is 0 Å². The normalized spacial score (nSPS) is 21.4. The number of ether oxygens (including phenoxy) is 1. The van der Waals surface area contributed by atoms with Crippen LogP contribution in [0.4, 0.5) is 26.1 Å². The molecule has 1 saturated carbocycles. The third-order valence-electron chi connectivity index (χ3n) is 6.53. The quantitative estimate of drug-likeness (QED) is 0.518. The molecule has 2 aromatic carbocycles. The number of morpholine rings is 1. The molecule has 3 aromatic rings. The van der Waals surface area contributed by atoms with Gasteiger partial charge in [0.1, 0.15) is 18.0 Å². The summed E-state index contributed by atoms with van der Waals surface area (Å²) in [4.78, 5) is 6.82. The molecular weight excluding hydrogens is 438 g/mol. The molecule has 2 heterocycles. The molecule has 2 fully saturated rings. The van der Waals surface area contributed by atoms with E-state index in [0.717, 1.165) is 55.7 Å². The molecule has 0 bridgehead atoms. The Labute approximate surface area is 201 Å². The van der Waals surface area contributed by atoms with Crippen LogP contribution in [0, 0.1) is 18.6 Å². The van der Waals surface area contributed by atoms with Crippen molar-refractivity contribution >= 4 is 17.3 Å². The van der Waals surface area contributed by atoms with Crippen LogP contribution < -0.4 is 10.6 Å². The van der Waals surface area contributed by atoms with E-state index in [1.165, 1.54) is 42.4 Å². The summed E-state index contributed by atoms with van der Waals surface area (Å²) in [6.45, 7) is 5.66. The summed E-state index contributed by atoms with van der Waals surface area (Å²) in [6.07, 6.45) is 6.29. The zero-order valence-electron chi connectivity index (χ0n) is 19.3. The number of aromatic nitrogens is 3. The fraction of sp³-hybridized carbons (Fsp3) is 0.440. The lowest BCUT2D eigenvalue weighted by atomic mass is 9.88. The Morgan fingerprint density at radius 3 is 2.50 bits per heavy atom. The average molecular weight is 473 g/mol. The molecule has 0 radical (unpaired) electrons. The maximum Gasteiger partial charge on any atom is 0.246 e. The van der Waals surface area contributed by atoms with E-state index in [4.69, 9.17) is 4.74 Å². The van der Waals surface area contributed by atoms with Gasteiger partial charge >= 0.3 is 0 Å². The first-order chi connectivity index (χ1) is 16.5. The van der Waals surface area contributed by atoms with Crippen molar-refractivity contribution in [1.82, 2.24) is 19.7 Å². The summed E-state index contributed by atoms with van der Waals surface area (Å²) < 4.78 is 34.0. The number of hydrogen-bond donors (Lipinski definition) is 2. The standard InChI is InChI=1S/C25H30F2N6O.2H2/c1-17-10-20(29-23-4-2-3-5-24(23)32-6-8-34-9-7-32)15-21(11-17)30-25-28-16-33(31-25)22-13-18(26)12-19(27)14-22;;/h10-16,23-24,29H,2-9H2,1H3,(H,30,31);2*1H. The van der Waals surface area contributed by atoms with Crippen LogP contribution in [0.25, 0.3) is 5.69 Å². The molecule has 7 nitrogen and oxygen atoms in total. The van der Waals surface area contributed by atoms with Gasteiger partial charge in [-0.2, -0.15) is 4.98 Å². The lowest BCUT2D eigenvalue weighted by Crippen LogP contribution is -2.52. The van der Waals surface area contributed by atoms with Gasteiger partial charge in [0.15, 0.2) is 0 Å². The van der Waals surface area contributed by atoms with Crippen LogP contribution in [0.3, 0.4) is 0 Å². The number of halogens is 2. The van der Waals surface area contributed by atoms with Gasteiger partial charge in [-0.1, -0.05) is 12.8 Å². The lowest BCUT2D eigenvalue weighted by molar-refractivity contribution is 0.00560. The van der Waals surface area contributed by atoms with Crippen molar-refractivity contribution in [3.63, 3.8) is 0 Å². The number of anilines is 3. The first-order valence-corrected chi connectivity index (χ1v) is 11.9. The van der Waals surface area contributed by atoms with Crippen LogP contribution in [0.2, 0.25) is 0 Å². The van der Waals surface area contributed by atoms with Crippen molar-refractivity contribution < 1.29 is 16.4 Å². The zero-order chi connectivity index (χ0) is 23.5. The van der Waals surface area contributed by atoms with E-state index in [-0.39, 0.29) is 8.54 Å². The molecule has 1 aromatic heterocycles. The van der Waals surface area contributed by atoms with Crippen LogP contribution in [-0.2, 0) is 4.74 Å². The Hall–Kier alpha value is -3.04. The molecular formula is C25H34F2N6O. The van der Waals surface area contributed by atoms with E-state index < -0.39 is 11.6 Å². The molecule has 2 atom stereocenters. The van der Waals surface area contributed by atoms with Crippen molar-refractivity contribution in [2.75, 3.05) is 36.9 Å². The van der Waals surface area contributed by atoms with E-state index in [1.807, 2.05) is 6.07 Å². The van der Waals surface area contributed by atoms with E-state index in [9.17, 15) is 8.78 Å². The van der Waals surface area contributed by atoms with Crippen molar-refractivity contribution in [1.29, 1.82) is 0 Å². The van der Waals surface area contributed by atoms with Crippen molar-refractivity contribution in [3.8, 4) is 5.69 Å². The average Bonchev–Trinajstić information content (AvgIpc) is 3.27. The summed E-state index contributed by atoms with van der Waals surface area (Å²) in [7, 11) is 0. The first kappa shape index (κ1) is 22.7. The molecule has 2 unspecified atom stereocenters. The zero-order valence-corrected chi connectivity index (χ0v) is 19.3. The van der Waals surface area contributed by atoms with Gasteiger partial charge in [-0.15, -0.1) is 5.10 Å². The Balaban J connectivity index is 0.00000180. The number of aryl methyl sites for hydroxylation is 1. The van der Waals surface area contributed by atoms with Gasteiger partial charge in [-0.05, 0) is 55.7 Å². The SMILES string of the molecule is Cc1cc(Nc2ncn(-c3cc(F)cc(F)c3)n2)cc(NC2CCCCC2N2CCOCC2)c1.[HH].[HH]. The molecule has 5 rings (SSSR count). The predicted octanol–water partition coefficient (Wildman–Crippen LogP) is 5.14. The van der Waals surface area contributed by atoms with E-state index in [1.54, 1.807) is 0 Å². The highest BCUT2D eigenvalue weighted by Crippen LogP contribution is 2.29. The number of benzene rings is 2. The molecule has 1 aliphatic heterocycles. The maximum atomic E-state index is 13.6.